The van der Waals surface area contributed by atoms with E-state index in [4.69, 9.17) is 5.11 Å². The Labute approximate surface area is 106 Å². The standard InChI is InChI=1S/C12H20N2O4/c1-2-6-13-10(15)7-14-11(16)8-4-3-5-9(8)12(17)18/h8-9H,2-7H2,1H3,(H,13,15)(H,14,16)(H,17,18). The maximum Gasteiger partial charge on any atom is 0.307 e. The van der Waals surface area contributed by atoms with Gasteiger partial charge in [-0.2, -0.15) is 0 Å². The Kier molecular flexibility index (Phi) is 5.61. The molecule has 102 valence electrons. The number of carbonyl (C=O) groups is 3. The Morgan fingerprint density at radius 1 is 1.17 bits per heavy atom. The van der Waals surface area contributed by atoms with Crippen molar-refractivity contribution in [2.45, 2.75) is 32.6 Å². The van der Waals surface area contributed by atoms with Crippen LogP contribution in [0.25, 0.3) is 0 Å². The van der Waals surface area contributed by atoms with Gasteiger partial charge in [0.25, 0.3) is 0 Å². The van der Waals surface area contributed by atoms with Gasteiger partial charge in [-0.15, -0.1) is 0 Å². The van der Waals surface area contributed by atoms with Crippen molar-refractivity contribution in [2.75, 3.05) is 13.1 Å². The van der Waals surface area contributed by atoms with Gasteiger partial charge in [0.2, 0.25) is 11.8 Å². The van der Waals surface area contributed by atoms with Crippen molar-refractivity contribution in [1.82, 2.24) is 10.6 Å². The zero-order valence-corrected chi connectivity index (χ0v) is 10.6. The molecule has 3 N–H and O–H groups in total. The number of carbonyl (C=O) groups excluding carboxylic acids is 2. The van der Waals surface area contributed by atoms with Gasteiger partial charge in [-0.25, -0.2) is 0 Å². The average Bonchev–Trinajstić information content (AvgIpc) is 2.82. The molecule has 2 unspecified atom stereocenters. The van der Waals surface area contributed by atoms with Crippen LogP contribution in [-0.2, 0) is 14.4 Å². The zero-order chi connectivity index (χ0) is 13.5. The van der Waals surface area contributed by atoms with Crippen molar-refractivity contribution in [1.29, 1.82) is 0 Å². The topological polar surface area (TPSA) is 95.5 Å². The maximum absolute atomic E-state index is 11.8. The minimum absolute atomic E-state index is 0.0817. The minimum Gasteiger partial charge on any atom is -0.481 e. The second kappa shape index (κ2) is 6.98. The molecule has 0 radical (unpaired) electrons. The van der Waals surface area contributed by atoms with E-state index in [1.807, 2.05) is 6.92 Å². The molecule has 1 rings (SSSR count). The van der Waals surface area contributed by atoms with E-state index in [-0.39, 0.29) is 18.4 Å². The van der Waals surface area contributed by atoms with Gasteiger partial charge in [0.05, 0.1) is 18.4 Å². The molecular formula is C12H20N2O4. The van der Waals surface area contributed by atoms with Crippen molar-refractivity contribution in [2.24, 2.45) is 11.8 Å². The quantitative estimate of drug-likeness (QED) is 0.629. The van der Waals surface area contributed by atoms with Gasteiger partial charge >= 0.3 is 5.97 Å². The SMILES string of the molecule is CCCNC(=O)CNC(=O)C1CCCC1C(=O)O. The molecule has 0 aromatic rings. The summed E-state index contributed by atoms with van der Waals surface area (Å²) in [6.45, 7) is 2.44. The van der Waals surface area contributed by atoms with Crippen LogP contribution < -0.4 is 10.6 Å². The van der Waals surface area contributed by atoms with Gasteiger partial charge in [-0.05, 0) is 19.3 Å². The molecule has 0 bridgehead atoms. The number of carboxylic acids is 1. The van der Waals surface area contributed by atoms with Gasteiger partial charge in [0, 0.05) is 6.54 Å². The molecule has 6 heteroatoms. The monoisotopic (exact) mass is 256 g/mol. The van der Waals surface area contributed by atoms with Crippen LogP contribution in [0.1, 0.15) is 32.6 Å². The Bertz CT molecular complexity index is 330. The molecule has 1 saturated carbocycles. The molecule has 0 spiro atoms. The number of aliphatic carboxylic acids is 1. The fraction of sp³-hybridized carbons (Fsp3) is 0.750. The predicted molar refractivity (Wildman–Crippen MR) is 64.8 cm³/mol. The van der Waals surface area contributed by atoms with Gasteiger partial charge in [0.1, 0.15) is 0 Å². The first-order valence-electron chi connectivity index (χ1n) is 6.33. The van der Waals surface area contributed by atoms with E-state index in [0.29, 0.717) is 19.4 Å². The van der Waals surface area contributed by atoms with Gasteiger partial charge in [0.15, 0.2) is 0 Å². The first kappa shape index (κ1) is 14.5. The fourth-order valence-electron chi connectivity index (χ4n) is 2.19. The largest absolute Gasteiger partial charge is 0.481 e. The van der Waals surface area contributed by atoms with Crippen molar-refractivity contribution in [3.8, 4) is 0 Å². The molecule has 2 atom stereocenters. The summed E-state index contributed by atoms with van der Waals surface area (Å²) in [5, 5.41) is 14.1. The second-order valence-corrected chi connectivity index (χ2v) is 4.55. The summed E-state index contributed by atoms with van der Waals surface area (Å²) in [6, 6.07) is 0. The minimum atomic E-state index is -0.928. The number of nitrogens with one attached hydrogen (secondary N) is 2. The molecule has 0 heterocycles. The van der Waals surface area contributed by atoms with Crippen LogP contribution in [0.3, 0.4) is 0 Å². The molecular weight excluding hydrogens is 236 g/mol. The summed E-state index contributed by atoms with van der Waals surface area (Å²) in [5.74, 6) is -2.60. The predicted octanol–water partition coefficient (Wildman–Crippen LogP) is 0.130. The van der Waals surface area contributed by atoms with E-state index >= 15 is 0 Å². The molecule has 0 aromatic heterocycles. The highest BCUT2D eigenvalue weighted by atomic mass is 16.4. The van der Waals surface area contributed by atoms with Crippen LogP contribution in [0.5, 0.6) is 0 Å². The normalized spacial score (nSPS) is 22.5. The smallest absolute Gasteiger partial charge is 0.307 e. The van der Waals surface area contributed by atoms with Crippen molar-refractivity contribution in [3.05, 3.63) is 0 Å². The Balaban J connectivity index is 2.36. The summed E-state index contributed by atoms with van der Waals surface area (Å²) in [7, 11) is 0. The van der Waals surface area contributed by atoms with Crippen molar-refractivity contribution >= 4 is 17.8 Å². The van der Waals surface area contributed by atoms with Crippen molar-refractivity contribution in [3.63, 3.8) is 0 Å². The summed E-state index contributed by atoms with van der Waals surface area (Å²) in [6.07, 6.45) is 2.70. The molecule has 1 aliphatic rings. The Hall–Kier alpha value is -1.59. The van der Waals surface area contributed by atoms with Crippen LogP contribution in [0.2, 0.25) is 0 Å². The number of rotatable bonds is 6. The summed E-state index contributed by atoms with van der Waals surface area (Å²) in [5.41, 5.74) is 0. The number of carboxylic acid groups (broad SMARTS) is 1. The third kappa shape index (κ3) is 4.01. The van der Waals surface area contributed by atoms with Crippen LogP contribution in [0.4, 0.5) is 0 Å². The molecule has 0 aromatic carbocycles. The molecule has 6 nitrogen and oxygen atoms in total. The van der Waals surface area contributed by atoms with Gasteiger partial charge in [-0.3, -0.25) is 14.4 Å². The summed E-state index contributed by atoms with van der Waals surface area (Å²) in [4.78, 5) is 34.0. The van der Waals surface area contributed by atoms with Crippen LogP contribution in [0, 0.1) is 11.8 Å². The first-order chi connectivity index (χ1) is 8.56. The van der Waals surface area contributed by atoms with Gasteiger partial charge < -0.3 is 15.7 Å². The molecule has 18 heavy (non-hydrogen) atoms. The molecule has 0 saturated heterocycles. The maximum atomic E-state index is 11.8. The van der Waals surface area contributed by atoms with Gasteiger partial charge in [-0.1, -0.05) is 13.3 Å². The second-order valence-electron chi connectivity index (χ2n) is 4.55. The van der Waals surface area contributed by atoms with E-state index in [0.717, 1.165) is 12.8 Å². The Morgan fingerprint density at radius 3 is 2.44 bits per heavy atom. The Morgan fingerprint density at radius 2 is 1.83 bits per heavy atom. The third-order valence-corrected chi connectivity index (χ3v) is 3.17. The van der Waals surface area contributed by atoms with Crippen LogP contribution >= 0.6 is 0 Å². The fourth-order valence-corrected chi connectivity index (χ4v) is 2.19. The lowest BCUT2D eigenvalue weighted by Gasteiger charge is -2.15. The lowest BCUT2D eigenvalue weighted by Crippen LogP contribution is -2.41. The number of amides is 2. The molecule has 2 amide bonds. The zero-order valence-electron chi connectivity index (χ0n) is 10.6. The van der Waals surface area contributed by atoms with Crippen LogP contribution in [0.15, 0.2) is 0 Å². The van der Waals surface area contributed by atoms with E-state index in [2.05, 4.69) is 10.6 Å². The highest BCUT2D eigenvalue weighted by Crippen LogP contribution is 2.31. The highest BCUT2D eigenvalue weighted by molar-refractivity contribution is 5.88. The number of hydrogen-bond donors (Lipinski definition) is 3. The lowest BCUT2D eigenvalue weighted by molar-refractivity contribution is -0.146. The third-order valence-electron chi connectivity index (χ3n) is 3.17. The van der Waals surface area contributed by atoms with Crippen LogP contribution in [-0.4, -0.2) is 36.0 Å². The van der Waals surface area contributed by atoms with E-state index in [9.17, 15) is 14.4 Å². The lowest BCUT2D eigenvalue weighted by atomic mass is 9.95. The molecule has 1 fully saturated rings. The molecule has 1 aliphatic carbocycles. The first-order valence-corrected chi connectivity index (χ1v) is 6.33. The van der Waals surface area contributed by atoms with E-state index < -0.39 is 17.8 Å². The van der Waals surface area contributed by atoms with E-state index in [1.165, 1.54) is 0 Å². The molecule has 0 aliphatic heterocycles. The number of hydrogen-bond acceptors (Lipinski definition) is 3. The average molecular weight is 256 g/mol. The summed E-state index contributed by atoms with van der Waals surface area (Å²) < 4.78 is 0. The van der Waals surface area contributed by atoms with E-state index in [1.54, 1.807) is 0 Å². The highest BCUT2D eigenvalue weighted by Gasteiger charge is 2.37. The van der Waals surface area contributed by atoms with Crippen molar-refractivity contribution < 1.29 is 19.5 Å². The summed E-state index contributed by atoms with van der Waals surface area (Å²) >= 11 is 0.